The van der Waals surface area contributed by atoms with E-state index in [2.05, 4.69) is 28.6 Å². The number of carboxylic acids is 1. The topological polar surface area (TPSA) is 56.7 Å². The van der Waals surface area contributed by atoms with Crippen LogP contribution in [0.25, 0.3) is 0 Å². The van der Waals surface area contributed by atoms with Crippen molar-refractivity contribution in [3.8, 4) is 0 Å². The summed E-state index contributed by atoms with van der Waals surface area (Å²) in [7, 11) is 0. The van der Waals surface area contributed by atoms with Crippen LogP contribution in [0.3, 0.4) is 0 Å². The van der Waals surface area contributed by atoms with Crippen LogP contribution in [0.1, 0.15) is 29.3 Å². The monoisotopic (exact) mass is 269 g/mol. The van der Waals surface area contributed by atoms with Gasteiger partial charge in [-0.3, -0.25) is 9.80 Å². The third-order valence-electron chi connectivity index (χ3n) is 3.26. The molecule has 0 radical (unpaired) electrons. The van der Waals surface area contributed by atoms with Gasteiger partial charge < -0.3 is 5.11 Å². The Balaban J connectivity index is 1.85. The van der Waals surface area contributed by atoms with Crippen LogP contribution in [0.4, 0.5) is 0 Å². The Kier molecular flexibility index (Phi) is 4.31. The second-order valence-corrected chi connectivity index (χ2v) is 5.71. The molecule has 0 unspecified atom stereocenters. The Bertz CT molecular complexity index is 411. The van der Waals surface area contributed by atoms with E-state index in [1.807, 2.05) is 5.38 Å². The molecule has 0 bridgehead atoms. The smallest absolute Gasteiger partial charge is 0.365 e. The molecule has 1 aromatic heterocycles. The van der Waals surface area contributed by atoms with E-state index in [0.29, 0.717) is 6.04 Å². The summed E-state index contributed by atoms with van der Waals surface area (Å²) in [5, 5.41) is 10.9. The summed E-state index contributed by atoms with van der Waals surface area (Å²) in [5.41, 5.74) is 0.871. The van der Waals surface area contributed by atoms with E-state index < -0.39 is 5.97 Å². The zero-order valence-corrected chi connectivity index (χ0v) is 11.6. The maximum absolute atomic E-state index is 10.8. The van der Waals surface area contributed by atoms with E-state index in [0.717, 1.165) is 38.4 Å². The maximum atomic E-state index is 10.8. The lowest BCUT2D eigenvalue weighted by Crippen LogP contribution is -2.48. The third kappa shape index (κ3) is 3.28. The molecule has 1 saturated heterocycles. The number of aromatic nitrogens is 1. The summed E-state index contributed by atoms with van der Waals surface area (Å²) in [6, 6.07) is 0.602. The maximum Gasteiger partial charge on any atom is 0.365 e. The van der Waals surface area contributed by atoms with Gasteiger partial charge >= 0.3 is 5.97 Å². The fourth-order valence-electron chi connectivity index (χ4n) is 2.14. The average Bonchev–Trinajstić information content (AvgIpc) is 2.78. The number of hydrogen-bond donors (Lipinski definition) is 1. The first kappa shape index (κ1) is 13.5. The van der Waals surface area contributed by atoms with Crippen molar-refractivity contribution in [2.45, 2.75) is 26.4 Å². The highest BCUT2D eigenvalue weighted by Gasteiger charge is 2.19. The molecule has 1 aliphatic rings. The van der Waals surface area contributed by atoms with Crippen LogP contribution in [0, 0.1) is 0 Å². The second kappa shape index (κ2) is 5.77. The van der Waals surface area contributed by atoms with E-state index in [1.165, 1.54) is 11.3 Å². The first-order valence-corrected chi connectivity index (χ1v) is 7.08. The van der Waals surface area contributed by atoms with Crippen LogP contribution in [0.2, 0.25) is 0 Å². The van der Waals surface area contributed by atoms with Crippen molar-refractivity contribution in [2.75, 3.05) is 26.2 Å². The van der Waals surface area contributed by atoms with Gasteiger partial charge in [-0.15, -0.1) is 11.3 Å². The highest BCUT2D eigenvalue weighted by atomic mass is 32.1. The minimum absolute atomic E-state index is 0.186. The van der Waals surface area contributed by atoms with Crippen molar-refractivity contribution in [1.29, 1.82) is 0 Å². The van der Waals surface area contributed by atoms with Gasteiger partial charge in [-0.1, -0.05) is 0 Å². The van der Waals surface area contributed by atoms with Gasteiger partial charge in [0.25, 0.3) is 0 Å². The lowest BCUT2D eigenvalue weighted by Gasteiger charge is -2.36. The van der Waals surface area contributed by atoms with Gasteiger partial charge in [0.15, 0.2) is 0 Å². The summed E-state index contributed by atoms with van der Waals surface area (Å²) >= 11 is 1.20. The van der Waals surface area contributed by atoms with Gasteiger partial charge in [0, 0.05) is 44.1 Å². The SMILES string of the molecule is CC(C)N1CCN(Cc2csc(C(=O)O)n2)CC1. The molecule has 1 N–H and O–H groups in total. The molecule has 2 heterocycles. The Hall–Kier alpha value is -0.980. The van der Waals surface area contributed by atoms with Crippen molar-refractivity contribution in [3.05, 3.63) is 16.1 Å². The van der Waals surface area contributed by atoms with E-state index >= 15 is 0 Å². The normalized spacial score (nSPS) is 18.4. The highest BCUT2D eigenvalue weighted by molar-refractivity contribution is 7.11. The van der Waals surface area contributed by atoms with Crippen molar-refractivity contribution in [1.82, 2.24) is 14.8 Å². The molecule has 0 aromatic carbocycles. The van der Waals surface area contributed by atoms with Crippen molar-refractivity contribution < 1.29 is 9.90 Å². The minimum atomic E-state index is -0.934. The van der Waals surface area contributed by atoms with Gasteiger partial charge in [-0.05, 0) is 13.8 Å². The van der Waals surface area contributed by atoms with Gasteiger partial charge in [-0.25, -0.2) is 9.78 Å². The number of hydrogen-bond acceptors (Lipinski definition) is 5. The molecule has 18 heavy (non-hydrogen) atoms. The molecule has 6 heteroatoms. The molecule has 0 amide bonds. The summed E-state index contributed by atoms with van der Waals surface area (Å²) in [6.07, 6.45) is 0. The first-order chi connectivity index (χ1) is 8.56. The number of nitrogens with zero attached hydrogens (tertiary/aromatic N) is 3. The predicted molar refractivity (Wildman–Crippen MR) is 71.1 cm³/mol. The second-order valence-electron chi connectivity index (χ2n) is 4.86. The fourth-order valence-corrected chi connectivity index (χ4v) is 2.79. The quantitative estimate of drug-likeness (QED) is 0.894. The standard InChI is InChI=1S/C12H19N3O2S/c1-9(2)15-5-3-14(4-6-15)7-10-8-18-11(13-10)12(16)17/h8-9H,3-7H2,1-2H3,(H,16,17). The molecule has 1 fully saturated rings. The summed E-state index contributed by atoms with van der Waals surface area (Å²) in [5.74, 6) is -0.934. The van der Waals surface area contributed by atoms with Gasteiger partial charge in [0.05, 0.1) is 5.69 Å². The van der Waals surface area contributed by atoms with Crippen LogP contribution in [0.15, 0.2) is 5.38 Å². The van der Waals surface area contributed by atoms with E-state index in [4.69, 9.17) is 5.11 Å². The summed E-state index contributed by atoms with van der Waals surface area (Å²) < 4.78 is 0. The average molecular weight is 269 g/mol. The summed E-state index contributed by atoms with van der Waals surface area (Å²) in [6.45, 7) is 9.40. The lowest BCUT2D eigenvalue weighted by atomic mass is 10.2. The van der Waals surface area contributed by atoms with Crippen molar-refractivity contribution in [2.24, 2.45) is 0 Å². The van der Waals surface area contributed by atoms with Crippen LogP contribution >= 0.6 is 11.3 Å². The van der Waals surface area contributed by atoms with Gasteiger partial charge in [0.2, 0.25) is 5.01 Å². The van der Waals surface area contributed by atoms with E-state index in [-0.39, 0.29) is 5.01 Å². The Morgan fingerprint density at radius 2 is 2.11 bits per heavy atom. The Labute approximate surface area is 111 Å². The van der Waals surface area contributed by atoms with E-state index in [1.54, 1.807) is 0 Å². The molecule has 2 rings (SSSR count). The van der Waals surface area contributed by atoms with Crippen LogP contribution in [-0.2, 0) is 6.54 Å². The molecule has 0 aliphatic carbocycles. The third-order valence-corrected chi connectivity index (χ3v) is 4.14. The Morgan fingerprint density at radius 3 is 2.61 bits per heavy atom. The van der Waals surface area contributed by atoms with Crippen LogP contribution in [0.5, 0.6) is 0 Å². The number of piperazine rings is 1. The lowest BCUT2D eigenvalue weighted by molar-refractivity contribution is 0.0695. The van der Waals surface area contributed by atoms with Gasteiger partial charge in [0.1, 0.15) is 0 Å². The van der Waals surface area contributed by atoms with Crippen LogP contribution in [-0.4, -0.2) is 58.1 Å². The molecule has 1 aliphatic heterocycles. The molecule has 1 aromatic rings. The number of aromatic carboxylic acids is 1. The molecular formula is C12H19N3O2S. The molecule has 5 nitrogen and oxygen atoms in total. The number of carbonyl (C=O) groups is 1. The first-order valence-electron chi connectivity index (χ1n) is 6.20. The van der Waals surface area contributed by atoms with E-state index in [9.17, 15) is 4.79 Å². The predicted octanol–water partition coefficient (Wildman–Crippen LogP) is 1.37. The number of carboxylic acid groups (broad SMARTS) is 1. The molecule has 100 valence electrons. The minimum Gasteiger partial charge on any atom is -0.476 e. The van der Waals surface area contributed by atoms with Crippen molar-refractivity contribution >= 4 is 17.3 Å². The van der Waals surface area contributed by atoms with Crippen LogP contribution < -0.4 is 0 Å². The van der Waals surface area contributed by atoms with Crippen molar-refractivity contribution in [3.63, 3.8) is 0 Å². The van der Waals surface area contributed by atoms with Gasteiger partial charge in [-0.2, -0.15) is 0 Å². The Morgan fingerprint density at radius 1 is 1.44 bits per heavy atom. The molecule has 0 saturated carbocycles. The highest BCUT2D eigenvalue weighted by Crippen LogP contribution is 2.13. The molecule has 0 spiro atoms. The zero-order chi connectivity index (χ0) is 13.1. The number of rotatable bonds is 4. The zero-order valence-electron chi connectivity index (χ0n) is 10.8. The molecular weight excluding hydrogens is 250 g/mol. The largest absolute Gasteiger partial charge is 0.476 e. The fraction of sp³-hybridized carbons (Fsp3) is 0.667. The number of thiazole rings is 1. The summed E-state index contributed by atoms with van der Waals surface area (Å²) in [4.78, 5) is 19.7. The molecule has 0 atom stereocenters.